The van der Waals surface area contributed by atoms with Gasteiger partial charge in [-0.2, -0.15) is 18.4 Å². The van der Waals surface area contributed by atoms with Crippen molar-refractivity contribution in [2.75, 3.05) is 0 Å². The molecule has 2 heterocycles. The lowest BCUT2D eigenvalue weighted by Crippen LogP contribution is -2.07. The Balaban J connectivity index is 2.11. The van der Waals surface area contributed by atoms with Crippen molar-refractivity contribution in [2.24, 2.45) is 0 Å². The third-order valence-corrected chi connectivity index (χ3v) is 3.42. The van der Waals surface area contributed by atoms with Gasteiger partial charge in [-0.25, -0.2) is 9.67 Å². The maximum Gasteiger partial charge on any atom is 0.416 e. The van der Waals surface area contributed by atoms with Gasteiger partial charge < -0.3 is 0 Å². The molecule has 0 aliphatic rings. The molecular weight excluding hydrogens is 343 g/mol. The number of hydrogen-bond donors (Lipinski definition) is 0. The van der Waals surface area contributed by atoms with E-state index >= 15 is 0 Å². The first-order valence-electron chi connectivity index (χ1n) is 6.55. The second kappa shape index (κ2) is 5.94. The monoisotopic (exact) mass is 349 g/mol. The highest BCUT2D eigenvalue weighted by Gasteiger charge is 2.31. The van der Waals surface area contributed by atoms with Crippen LogP contribution in [0.25, 0.3) is 16.9 Å². The lowest BCUT2D eigenvalue weighted by Gasteiger charge is -2.08. The zero-order chi connectivity index (χ0) is 17.3. The zero-order valence-electron chi connectivity index (χ0n) is 11.8. The standard InChI is InChI=1S/C15H7ClF3N5/c16-13-5-4-9(8-21-13)14-12(7-20)24(23-22-14)11-3-1-2-10(6-11)15(17,18)19/h1-6,8H. The van der Waals surface area contributed by atoms with E-state index in [0.29, 0.717) is 5.56 Å². The van der Waals surface area contributed by atoms with Gasteiger partial charge in [0.25, 0.3) is 0 Å². The highest BCUT2D eigenvalue weighted by molar-refractivity contribution is 6.29. The molecule has 5 nitrogen and oxygen atoms in total. The van der Waals surface area contributed by atoms with Gasteiger partial charge in [-0.05, 0) is 30.3 Å². The molecule has 3 rings (SSSR count). The van der Waals surface area contributed by atoms with E-state index in [9.17, 15) is 18.4 Å². The number of halogens is 4. The molecule has 9 heteroatoms. The molecule has 0 aliphatic heterocycles. The summed E-state index contributed by atoms with van der Waals surface area (Å²) < 4.78 is 39.6. The van der Waals surface area contributed by atoms with E-state index in [-0.39, 0.29) is 22.2 Å². The summed E-state index contributed by atoms with van der Waals surface area (Å²) in [5.41, 5.74) is -0.0668. The van der Waals surface area contributed by atoms with Crippen LogP contribution in [0.1, 0.15) is 11.3 Å². The molecule has 3 aromatic rings. The first kappa shape index (κ1) is 16.0. The molecule has 0 unspecified atom stereocenters. The fourth-order valence-electron chi connectivity index (χ4n) is 2.09. The van der Waals surface area contributed by atoms with Crippen LogP contribution in [0.15, 0.2) is 42.6 Å². The van der Waals surface area contributed by atoms with Crippen molar-refractivity contribution in [1.29, 1.82) is 5.26 Å². The van der Waals surface area contributed by atoms with Crippen LogP contribution >= 0.6 is 11.6 Å². The Hall–Kier alpha value is -2.92. The molecule has 0 saturated heterocycles. The van der Waals surface area contributed by atoms with Crippen LogP contribution in [0.2, 0.25) is 5.15 Å². The number of hydrogen-bond acceptors (Lipinski definition) is 4. The van der Waals surface area contributed by atoms with E-state index in [1.165, 1.54) is 24.4 Å². The molecular formula is C15H7ClF3N5. The van der Waals surface area contributed by atoms with E-state index in [1.807, 2.05) is 6.07 Å². The van der Waals surface area contributed by atoms with Crippen LogP contribution in [0.4, 0.5) is 13.2 Å². The van der Waals surface area contributed by atoms with E-state index in [2.05, 4.69) is 15.3 Å². The highest BCUT2D eigenvalue weighted by atomic mass is 35.5. The van der Waals surface area contributed by atoms with E-state index < -0.39 is 11.7 Å². The Morgan fingerprint density at radius 2 is 1.96 bits per heavy atom. The Bertz CT molecular complexity index is 926. The largest absolute Gasteiger partial charge is 0.416 e. The van der Waals surface area contributed by atoms with Crippen molar-refractivity contribution in [2.45, 2.75) is 6.18 Å². The summed E-state index contributed by atoms with van der Waals surface area (Å²) in [6.07, 6.45) is -3.09. The molecule has 0 spiro atoms. The average molecular weight is 350 g/mol. The smallest absolute Gasteiger partial charge is 0.244 e. The SMILES string of the molecule is N#Cc1c(-c2ccc(Cl)nc2)nnn1-c1cccc(C(F)(F)F)c1. The molecule has 0 aliphatic carbocycles. The normalized spacial score (nSPS) is 11.3. The molecule has 0 N–H and O–H groups in total. The van der Waals surface area contributed by atoms with Gasteiger partial charge in [0.15, 0.2) is 5.69 Å². The predicted octanol–water partition coefficient (Wildman–Crippen LogP) is 3.87. The van der Waals surface area contributed by atoms with E-state index in [1.54, 1.807) is 6.07 Å². The molecule has 0 bridgehead atoms. The van der Waals surface area contributed by atoms with Crippen LogP contribution in [0, 0.1) is 11.3 Å². The average Bonchev–Trinajstić information content (AvgIpc) is 2.99. The first-order chi connectivity index (χ1) is 11.4. The number of rotatable bonds is 2. The van der Waals surface area contributed by atoms with Gasteiger partial charge in [0.05, 0.1) is 11.3 Å². The maximum absolute atomic E-state index is 12.8. The second-order valence-corrected chi connectivity index (χ2v) is 5.12. The number of benzene rings is 1. The van der Waals surface area contributed by atoms with Crippen molar-refractivity contribution in [1.82, 2.24) is 20.0 Å². The van der Waals surface area contributed by atoms with Gasteiger partial charge >= 0.3 is 6.18 Å². The summed E-state index contributed by atoms with van der Waals surface area (Å²) >= 11 is 5.71. The maximum atomic E-state index is 12.8. The first-order valence-corrected chi connectivity index (χ1v) is 6.93. The van der Waals surface area contributed by atoms with E-state index in [0.717, 1.165) is 16.8 Å². The van der Waals surface area contributed by atoms with Gasteiger partial charge in [-0.1, -0.05) is 22.9 Å². The third-order valence-electron chi connectivity index (χ3n) is 3.20. The Morgan fingerprint density at radius 1 is 1.17 bits per heavy atom. The van der Waals surface area contributed by atoms with E-state index in [4.69, 9.17) is 11.6 Å². The van der Waals surface area contributed by atoms with Crippen LogP contribution < -0.4 is 0 Å². The summed E-state index contributed by atoms with van der Waals surface area (Å²) in [5.74, 6) is 0. The van der Waals surface area contributed by atoms with Crippen LogP contribution in [-0.4, -0.2) is 20.0 Å². The minimum absolute atomic E-state index is 0.00144. The zero-order valence-corrected chi connectivity index (χ0v) is 12.5. The molecule has 24 heavy (non-hydrogen) atoms. The second-order valence-electron chi connectivity index (χ2n) is 4.73. The van der Waals surface area contributed by atoms with Crippen molar-refractivity contribution in [3.05, 3.63) is 59.0 Å². The highest BCUT2D eigenvalue weighted by Crippen LogP contribution is 2.31. The van der Waals surface area contributed by atoms with Gasteiger partial charge in [-0.15, -0.1) is 5.10 Å². The topological polar surface area (TPSA) is 67.4 Å². The molecule has 0 fully saturated rings. The minimum Gasteiger partial charge on any atom is -0.244 e. The number of aromatic nitrogens is 4. The molecule has 0 radical (unpaired) electrons. The molecule has 2 aromatic heterocycles. The van der Waals surface area contributed by atoms with Crippen LogP contribution in [-0.2, 0) is 6.18 Å². The fraction of sp³-hybridized carbons (Fsp3) is 0.0667. The van der Waals surface area contributed by atoms with Crippen molar-refractivity contribution < 1.29 is 13.2 Å². The van der Waals surface area contributed by atoms with Crippen molar-refractivity contribution in [3.8, 4) is 23.0 Å². The summed E-state index contributed by atoms with van der Waals surface area (Å²) in [6.45, 7) is 0. The molecule has 0 amide bonds. The molecule has 0 saturated carbocycles. The lowest BCUT2D eigenvalue weighted by atomic mass is 10.1. The fourth-order valence-corrected chi connectivity index (χ4v) is 2.20. The Morgan fingerprint density at radius 3 is 2.58 bits per heavy atom. The molecule has 120 valence electrons. The lowest BCUT2D eigenvalue weighted by molar-refractivity contribution is -0.137. The van der Waals surface area contributed by atoms with Gasteiger partial charge in [-0.3, -0.25) is 0 Å². The number of nitriles is 1. The van der Waals surface area contributed by atoms with Gasteiger partial charge in [0.1, 0.15) is 16.9 Å². The Labute approximate surface area is 138 Å². The Kier molecular flexibility index (Phi) is 3.95. The summed E-state index contributed by atoms with van der Waals surface area (Å²) in [6, 6.07) is 9.51. The number of pyridine rings is 1. The summed E-state index contributed by atoms with van der Waals surface area (Å²) in [7, 11) is 0. The van der Waals surface area contributed by atoms with Crippen LogP contribution in [0.3, 0.4) is 0 Å². The predicted molar refractivity (Wildman–Crippen MR) is 79.3 cm³/mol. The van der Waals surface area contributed by atoms with Gasteiger partial charge in [0, 0.05) is 11.8 Å². The summed E-state index contributed by atoms with van der Waals surface area (Å²) in [5, 5.41) is 17.3. The molecule has 1 aromatic carbocycles. The van der Waals surface area contributed by atoms with Crippen molar-refractivity contribution >= 4 is 11.6 Å². The van der Waals surface area contributed by atoms with Gasteiger partial charge in [0.2, 0.25) is 0 Å². The minimum atomic E-state index is -4.49. The quantitative estimate of drug-likeness (QED) is 0.659. The molecule has 0 atom stereocenters. The number of alkyl halides is 3. The number of nitrogens with zero attached hydrogens (tertiary/aromatic N) is 5. The van der Waals surface area contributed by atoms with Crippen molar-refractivity contribution in [3.63, 3.8) is 0 Å². The summed E-state index contributed by atoms with van der Waals surface area (Å²) in [4.78, 5) is 3.89. The van der Waals surface area contributed by atoms with Crippen LogP contribution in [0.5, 0.6) is 0 Å². The third kappa shape index (κ3) is 2.94.